The van der Waals surface area contributed by atoms with E-state index in [0.29, 0.717) is 17.1 Å². The fourth-order valence-electron chi connectivity index (χ4n) is 2.31. The van der Waals surface area contributed by atoms with Crippen molar-refractivity contribution in [3.8, 4) is 0 Å². The molecule has 0 aromatic heterocycles. The summed E-state index contributed by atoms with van der Waals surface area (Å²) in [6.45, 7) is 4.02. The second-order valence-electron chi connectivity index (χ2n) is 5.35. The van der Waals surface area contributed by atoms with Crippen LogP contribution in [0.3, 0.4) is 0 Å². The molecule has 0 fully saturated rings. The smallest absolute Gasteiger partial charge is 0.328 e. The number of amides is 1. The molecule has 1 atom stereocenters. The van der Waals surface area contributed by atoms with Gasteiger partial charge < -0.3 is 9.64 Å². The van der Waals surface area contributed by atoms with Crippen molar-refractivity contribution in [3.63, 3.8) is 0 Å². The molecular formula is C19H20ClNO3. The van der Waals surface area contributed by atoms with E-state index >= 15 is 0 Å². The lowest BCUT2D eigenvalue weighted by molar-refractivity contribution is -0.148. The Morgan fingerprint density at radius 1 is 1.08 bits per heavy atom. The van der Waals surface area contributed by atoms with Crippen molar-refractivity contribution in [1.82, 2.24) is 4.90 Å². The van der Waals surface area contributed by atoms with Crippen LogP contribution in [-0.4, -0.2) is 29.4 Å². The van der Waals surface area contributed by atoms with E-state index in [1.165, 1.54) is 4.90 Å². The van der Waals surface area contributed by atoms with Crippen LogP contribution in [0.4, 0.5) is 0 Å². The largest absolute Gasteiger partial charge is 0.464 e. The van der Waals surface area contributed by atoms with Crippen LogP contribution in [-0.2, 0) is 16.1 Å². The lowest BCUT2D eigenvalue weighted by Gasteiger charge is -2.28. The van der Waals surface area contributed by atoms with Crippen LogP contribution >= 0.6 is 11.6 Å². The molecule has 0 aliphatic heterocycles. The van der Waals surface area contributed by atoms with E-state index in [2.05, 4.69) is 0 Å². The van der Waals surface area contributed by atoms with Gasteiger partial charge in [-0.05, 0) is 43.7 Å². The van der Waals surface area contributed by atoms with E-state index in [4.69, 9.17) is 16.3 Å². The highest BCUT2D eigenvalue weighted by Crippen LogP contribution is 2.16. The van der Waals surface area contributed by atoms with Gasteiger partial charge >= 0.3 is 5.97 Å². The topological polar surface area (TPSA) is 46.6 Å². The molecule has 126 valence electrons. The molecule has 2 rings (SSSR count). The molecule has 1 amide bonds. The number of nitrogens with zero attached hydrogens (tertiary/aromatic N) is 1. The minimum absolute atomic E-state index is 0.240. The lowest BCUT2D eigenvalue weighted by Crippen LogP contribution is -2.43. The van der Waals surface area contributed by atoms with Gasteiger partial charge in [-0.3, -0.25) is 4.79 Å². The maximum atomic E-state index is 12.9. The second-order valence-corrected chi connectivity index (χ2v) is 5.79. The Morgan fingerprint density at radius 3 is 2.29 bits per heavy atom. The summed E-state index contributed by atoms with van der Waals surface area (Å²) in [5.74, 6) is -0.660. The van der Waals surface area contributed by atoms with E-state index < -0.39 is 12.0 Å². The quantitative estimate of drug-likeness (QED) is 0.745. The average molecular weight is 346 g/mol. The van der Waals surface area contributed by atoms with Crippen molar-refractivity contribution < 1.29 is 14.3 Å². The van der Waals surface area contributed by atoms with Crippen LogP contribution < -0.4 is 0 Å². The van der Waals surface area contributed by atoms with Crippen molar-refractivity contribution in [1.29, 1.82) is 0 Å². The zero-order chi connectivity index (χ0) is 17.5. The molecule has 5 heteroatoms. The summed E-state index contributed by atoms with van der Waals surface area (Å²) in [6, 6.07) is 15.5. The zero-order valence-electron chi connectivity index (χ0n) is 13.7. The molecule has 0 saturated carbocycles. The fourth-order valence-corrected chi connectivity index (χ4v) is 2.44. The highest BCUT2D eigenvalue weighted by Gasteiger charge is 2.27. The molecule has 0 N–H and O–H groups in total. The number of hydrogen-bond donors (Lipinski definition) is 0. The van der Waals surface area contributed by atoms with Gasteiger partial charge in [0.25, 0.3) is 5.91 Å². The predicted molar refractivity (Wildman–Crippen MR) is 93.9 cm³/mol. The number of carbonyl (C=O) groups is 2. The molecule has 0 bridgehead atoms. The van der Waals surface area contributed by atoms with Crippen LogP contribution in [0.25, 0.3) is 0 Å². The SMILES string of the molecule is CCOC(=O)C(C)N(Cc1ccccc1)C(=O)c1ccc(Cl)cc1. The molecule has 2 aromatic rings. The number of carbonyl (C=O) groups excluding carboxylic acids is 2. The molecule has 1 unspecified atom stereocenters. The summed E-state index contributed by atoms with van der Waals surface area (Å²) < 4.78 is 5.07. The first-order valence-corrected chi connectivity index (χ1v) is 8.17. The van der Waals surface area contributed by atoms with Gasteiger partial charge in [-0.15, -0.1) is 0 Å². The average Bonchev–Trinajstić information content (AvgIpc) is 2.60. The van der Waals surface area contributed by atoms with Gasteiger partial charge in [-0.2, -0.15) is 0 Å². The van der Waals surface area contributed by atoms with E-state index in [1.807, 2.05) is 30.3 Å². The molecule has 2 aromatic carbocycles. The molecular weight excluding hydrogens is 326 g/mol. The Morgan fingerprint density at radius 2 is 1.71 bits per heavy atom. The van der Waals surface area contributed by atoms with Crippen LogP contribution in [0, 0.1) is 0 Å². The number of hydrogen-bond acceptors (Lipinski definition) is 3. The number of halogens is 1. The summed E-state index contributed by atoms with van der Waals surface area (Å²) >= 11 is 5.88. The summed E-state index contributed by atoms with van der Waals surface area (Å²) in [7, 11) is 0. The Kier molecular flexibility index (Phi) is 6.38. The molecule has 0 aliphatic carbocycles. The molecule has 0 radical (unpaired) electrons. The second kappa shape index (κ2) is 8.50. The monoisotopic (exact) mass is 345 g/mol. The first-order valence-electron chi connectivity index (χ1n) is 7.80. The van der Waals surface area contributed by atoms with E-state index in [9.17, 15) is 9.59 Å². The van der Waals surface area contributed by atoms with Gasteiger partial charge in [0.2, 0.25) is 0 Å². The molecule has 0 aliphatic rings. The number of ether oxygens (including phenoxy) is 1. The Labute approximate surface area is 147 Å². The standard InChI is InChI=1S/C19H20ClNO3/c1-3-24-19(23)14(2)21(13-15-7-5-4-6-8-15)18(22)16-9-11-17(20)12-10-16/h4-12,14H,3,13H2,1-2H3. The Hall–Kier alpha value is -2.33. The minimum atomic E-state index is -0.687. The summed E-state index contributed by atoms with van der Waals surface area (Å²) in [6.07, 6.45) is 0. The first-order chi connectivity index (χ1) is 11.5. The molecule has 0 heterocycles. The van der Waals surface area contributed by atoms with Crippen molar-refractivity contribution in [3.05, 3.63) is 70.7 Å². The van der Waals surface area contributed by atoms with Crippen LogP contribution in [0.5, 0.6) is 0 Å². The fraction of sp³-hybridized carbons (Fsp3) is 0.263. The number of esters is 1. The van der Waals surface area contributed by atoms with Crippen LogP contribution in [0.15, 0.2) is 54.6 Å². The predicted octanol–water partition coefficient (Wildman–Crippen LogP) is 3.93. The van der Waals surface area contributed by atoms with E-state index in [0.717, 1.165) is 5.56 Å². The van der Waals surface area contributed by atoms with Crippen molar-refractivity contribution >= 4 is 23.5 Å². The first kappa shape index (κ1) is 18.0. The molecule has 24 heavy (non-hydrogen) atoms. The molecule has 0 saturated heterocycles. The van der Waals surface area contributed by atoms with E-state index in [1.54, 1.807) is 38.1 Å². The van der Waals surface area contributed by atoms with Crippen LogP contribution in [0.2, 0.25) is 5.02 Å². The minimum Gasteiger partial charge on any atom is -0.464 e. The van der Waals surface area contributed by atoms with Crippen molar-refractivity contribution in [2.24, 2.45) is 0 Å². The summed E-state index contributed by atoms with van der Waals surface area (Å²) in [4.78, 5) is 26.5. The Bertz CT molecular complexity index is 686. The van der Waals surface area contributed by atoms with E-state index in [-0.39, 0.29) is 12.5 Å². The van der Waals surface area contributed by atoms with Gasteiger partial charge in [-0.25, -0.2) is 4.79 Å². The number of rotatable bonds is 6. The third-order valence-electron chi connectivity index (χ3n) is 3.64. The summed E-state index contributed by atoms with van der Waals surface area (Å²) in [5, 5.41) is 0.555. The van der Waals surface area contributed by atoms with Gasteiger partial charge in [0.1, 0.15) is 6.04 Å². The summed E-state index contributed by atoms with van der Waals surface area (Å²) in [5.41, 5.74) is 1.42. The van der Waals surface area contributed by atoms with Crippen molar-refractivity contribution in [2.75, 3.05) is 6.61 Å². The zero-order valence-corrected chi connectivity index (χ0v) is 14.5. The van der Waals surface area contributed by atoms with Gasteiger partial charge in [0.15, 0.2) is 0 Å². The number of benzene rings is 2. The maximum Gasteiger partial charge on any atom is 0.328 e. The van der Waals surface area contributed by atoms with Gasteiger partial charge in [-0.1, -0.05) is 41.9 Å². The van der Waals surface area contributed by atoms with Crippen LogP contribution in [0.1, 0.15) is 29.8 Å². The highest BCUT2D eigenvalue weighted by molar-refractivity contribution is 6.30. The van der Waals surface area contributed by atoms with Gasteiger partial charge in [0.05, 0.1) is 6.61 Å². The Balaban J connectivity index is 2.28. The molecule has 0 spiro atoms. The normalized spacial score (nSPS) is 11.6. The third-order valence-corrected chi connectivity index (χ3v) is 3.89. The van der Waals surface area contributed by atoms with Gasteiger partial charge in [0, 0.05) is 17.1 Å². The molecule has 4 nitrogen and oxygen atoms in total. The lowest BCUT2D eigenvalue weighted by atomic mass is 10.1. The highest BCUT2D eigenvalue weighted by atomic mass is 35.5. The van der Waals surface area contributed by atoms with Crippen molar-refractivity contribution in [2.45, 2.75) is 26.4 Å². The third kappa shape index (κ3) is 4.59. The maximum absolute atomic E-state index is 12.9.